The first-order valence-corrected chi connectivity index (χ1v) is 6.05. The van der Waals surface area contributed by atoms with Crippen molar-refractivity contribution in [1.29, 1.82) is 0 Å². The van der Waals surface area contributed by atoms with Crippen molar-refractivity contribution in [2.45, 2.75) is 20.4 Å². The van der Waals surface area contributed by atoms with E-state index in [1.807, 2.05) is 32.0 Å². The average molecular weight is 233 g/mol. The van der Waals surface area contributed by atoms with E-state index in [0.717, 1.165) is 34.2 Å². The number of nitrogens with zero attached hydrogens (tertiary/aromatic N) is 1. The first-order chi connectivity index (χ1) is 7.66. The number of benzene rings is 1. The van der Waals surface area contributed by atoms with Gasteiger partial charge in [-0.3, -0.25) is 0 Å². The largest absolute Gasteiger partial charge is 0.397 e. The SMILES string of the molecule is Cc1nc(CNc2c(C)cccc2N)cs1. The topological polar surface area (TPSA) is 50.9 Å². The van der Waals surface area contributed by atoms with Crippen molar-refractivity contribution in [3.63, 3.8) is 0 Å². The van der Waals surface area contributed by atoms with Crippen molar-refractivity contribution >= 4 is 22.7 Å². The summed E-state index contributed by atoms with van der Waals surface area (Å²) in [7, 11) is 0. The molecule has 0 aliphatic heterocycles. The van der Waals surface area contributed by atoms with Crippen LogP contribution in [0.25, 0.3) is 0 Å². The number of anilines is 2. The van der Waals surface area contributed by atoms with Gasteiger partial charge >= 0.3 is 0 Å². The number of nitrogens with one attached hydrogen (secondary N) is 1. The van der Waals surface area contributed by atoms with Crippen molar-refractivity contribution in [2.75, 3.05) is 11.1 Å². The molecule has 0 aliphatic carbocycles. The first kappa shape index (κ1) is 11.0. The van der Waals surface area contributed by atoms with Crippen molar-refractivity contribution in [1.82, 2.24) is 4.98 Å². The van der Waals surface area contributed by atoms with Gasteiger partial charge in [-0.1, -0.05) is 12.1 Å². The van der Waals surface area contributed by atoms with Crippen molar-refractivity contribution in [2.24, 2.45) is 0 Å². The lowest BCUT2D eigenvalue weighted by atomic mass is 10.1. The van der Waals surface area contributed by atoms with Crippen LogP contribution in [0.3, 0.4) is 0 Å². The molecule has 0 saturated carbocycles. The van der Waals surface area contributed by atoms with Crippen LogP contribution in [-0.2, 0) is 6.54 Å². The van der Waals surface area contributed by atoms with Gasteiger partial charge in [0, 0.05) is 5.38 Å². The van der Waals surface area contributed by atoms with Gasteiger partial charge in [-0.25, -0.2) is 4.98 Å². The lowest BCUT2D eigenvalue weighted by molar-refractivity contribution is 1.05. The Bertz CT molecular complexity index is 471. The molecule has 84 valence electrons. The lowest BCUT2D eigenvalue weighted by Crippen LogP contribution is -2.04. The number of thiazole rings is 1. The third kappa shape index (κ3) is 2.33. The van der Waals surface area contributed by atoms with Gasteiger partial charge in [0.25, 0.3) is 0 Å². The van der Waals surface area contributed by atoms with Gasteiger partial charge < -0.3 is 11.1 Å². The van der Waals surface area contributed by atoms with E-state index in [0.29, 0.717) is 0 Å². The first-order valence-electron chi connectivity index (χ1n) is 5.17. The van der Waals surface area contributed by atoms with Gasteiger partial charge in [-0.15, -0.1) is 11.3 Å². The Morgan fingerprint density at radius 1 is 1.38 bits per heavy atom. The molecule has 2 rings (SSSR count). The van der Waals surface area contributed by atoms with E-state index in [1.54, 1.807) is 11.3 Å². The van der Waals surface area contributed by atoms with Gasteiger partial charge in [0.2, 0.25) is 0 Å². The van der Waals surface area contributed by atoms with Crippen molar-refractivity contribution in [3.05, 3.63) is 39.8 Å². The molecule has 0 unspecified atom stereocenters. The summed E-state index contributed by atoms with van der Waals surface area (Å²) in [5.74, 6) is 0. The molecule has 0 atom stereocenters. The molecule has 2 aromatic rings. The number of hydrogen-bond donors (Lipinski definition) is 2. The molecule has 3 nitrogen and oxygen atoms in total. The Labute approximate surface area is 99.3 Å². The van der Waals surface area contributed by atoms with Crippen LogP contribution in [0.5, 0.6) is 0 Å². The fourth-order valence-electron chi connectivity index (χ4n) is 1.60. The number of aryl methyl sites for hydroxylation is 2. The average Bonchev–Trinajstić information content (AvgIpc) is 2.63. The zero-order chi connectivity index (χ0) is 11.5. The Balaban J connectivity index is 2.10. The molecule has 0 bridgehead atoms. The van der Waals surface area contributed by atoms with Crippen molar-refractivity contribution in [3.8, 4) is 0 Å². The second kappa shape index (κ2) is 4.53. The zero-order valence-corrected chi connectivity index (χ0v) is 10.3. The molecule has 3 N–H and O–H groups in total. The minimum atomic E-state index is 0.722. The number of rotatable bonds is 3. The minimum absolute atomic E-state index is 0.722. The lowest BCUT2D eigenvalue weighted by Gasteiger charge is -2.10. The molecule has 0 spiro atoms. The summed E-state index contributed by atoms with van der Waals surface area (Å²) in [6.45, 7) is 4.78. The monoisotopic (exact) mass is 233 g/mol. The van der Waals surface area contributed by atoms with Gasteiger partial charge in [0.15, 0.2) is 0 Å². The second-order valence-electron chi connectivity index (χ2n) is 3.75. The maximum Gasteiger partial charge on any atom is 0.0898 e. The highest BCUT2D eigenvalue weighted by molar-refractivity contribution is 7.09. The summed E-state index contributed by atoms with van der Waals surface area (Å²) in [6, 6.07) is 5.91. The predicted molar refractivity (Wildman–Crippen MR) is 69.8 cm³/mol. The summed E-state index contributed by atoms with van der Waals surface area (Å²) in [4.78, 5) is 4.40. The maximum absolute atomic E-state index is 5.91. The van der Waals surface area contributed by atoms with Crippen LogP contribution in [-0.4, -0.2) is 4.98 Å². The second-order valence-corrected chi connectivity index (χ2v) is 4.81. The summed E-state index contributed by atoms with van der Waals surface area (Å²) in [6.07, 6.45) is 0. The van der Waals surface area contributed by atoms with Crippen LogP contribution >= 0.6 is 11.3 Å². The standard InChI is InChI=1S/C12H15N3S/c1-8-4-3-5-11(13)12(8)14-6-10-7-16-9(2)15-10/h3-5,7,14H,6,13H2,1-2H3. The quantitative estimate of drug-likeness (QED) is 0.801. The van der Waals surface area contributed by atoms with Crippen LogP contribution in [0, 0.1) is 13.8 Å². The Kier molecular flexibility index (Phi) is 3.10. The summed E-state index contributed by atoms with van der Waals surface area (Å²) in [5, 5.41) is 6.49. The molecule has 4 heteroatoms. The van der Waals surface area contributed by atoms with Crippen molar-refractivity contribution < 1.29 is 0 Å². The van der Waals surface area contributed by atoms with Gasteiger partial charge in [-0.05, 0) is 25.5 Å². The Hall–Kier alpha value is -1.55. The van der Waals surface area contributed by atoms with E-state index in [-0.39, 0.29) is 0 Å². The number of aromatic nitrogens is 1. The zero-order valence-electron chi connectivity index (χ0n) is 9.45. The van der Waals surface area contributed by atoms with Crippen LogP contribution in [0.4, 0.5) is 11.4 Å². The summed E-state index contributed by atoms with van der Waals surface area (Å²) >= 11 is 1.67. The van der Waals surface area contributed by atoms with Gasteiger partial charge in [0.05, 0.1) is 28.6 Å². The summed E-state index contributed by atoms with van der Waals surface area (Å²) in [5.41, 5.74) is 9.92. The fourth-order valence-corrected chi connectivity index (χ4v) is 2.21. The molecular weight excluding hydrogens is 218 g/mol. The van der Waals surface area contributed by atoms with E-state index in [2.05, 4.69) is 15.7 Å². The van der Waals surface area contributed by atoms with Gasteiger partial charge in [-0.2, -0.15) is 0 Å². The molecule has 0 saturated heterocycles. The molecule has 16 heavy (non-hydrogen) atoms. The van der Waals surface area contributed by atoms with Crippen LogP contribution in [0.2, 0.25) is 0 Å². The number of nitrogen functional groups attached to an aromatic ring is 1. The molecule has 0 fully saturated rings. The van der Waals surface area contributed by atoms with E-state index in [4.69, 9.17) is 5.73 Å². The van der Waals surface area contributed by atoms with E-state index >= 15 is 0 Å². The van der Waals surface area contributed by atoms with E-state index < -0.39 is 0 Å². The number of hydrogen-bond acceptors (Lipinski definition) is 4. The molecular formula is C12H15N3S. The smallest absolute Gasteiger partial charge is 0.0898 e. The Morgan fingerprint density at radius 2 is 2.19 bits per heavy atom. The predicted octanol–water partition coefficient (Wildman–Crippen LogP) is 2.95. The number of para-hydroxylation sites is 1. The van der Waals surface area contributed by atoms with E-state index in [9.17, 15) is 0 Å². The molecule has 0 aliphatic rings. The van der Waals surface area contributed by atoms with Crippen LogP contribution < -0.4 is 11.1 Å². The highest BCUT2D eigenvalue weighted by Crippen LogP contribution is 2.23. The highest BCUT2D eigenvalue weighted by atomic mass is 32.1. The van der Waals surface area contributed by atoms with Crippen LogP contribution in [0.1, 0.15) is 16.3 Å². The molecule has 0 radical (unpaired) electrons. The summed E-state index contributed by atoms with van der Waals surface area (Å²) < 4.78 is 0. The highest BCUT2D eigenvalue weighted by Gasteiger charge is 2.03. The molecule has 1 aromatic carbocycles. The fraction of sp³-hybridized carbons (Fsp3) is 0.250. The third-order valence-corrected chi connectivity index (χ3v) is 3.24. The molecule has 1 heterocycles. The minimum Gasteiger partial charge on any atom is -0.397 e. The van der Waals surface area contributed by atoms with Gasteiger partial charge in [0.1, 0.15) is 0 Å². The third-order valence-electron chi connectivity index (χ3n) is 2.42. The maximum atomic E-state index is 5.91. The molecule has 0 amide bonds. The van der Waals surface area contributed by atoms with Crippen LogP contribution in [0.15, 0.2) is 23.6 Å². The number of nitrogens with two attached hydrogens (primary N) is 1. The molecule has 1 aromatic heterocycles. The Morgan fingerprint density at radius 3 is 2.81 bits per heavy atom. The normalized spacial score (nSPS) is 10.4. The van der Waals surface area contributed by atoms with E-state index in [1.165, 1.54) is 0 Å².